The largest absolute Gasteiger partial charge is 0.493 e. The zero-order chi connectivity index (χ0) is 13.8. The van der Waals surface area contributed by atoms with Crippen LogP contribution in [0.4, 0.5) is 0 Å². The Hall–Kier alpha value is -1.26. The molecule has 4 nitrogen and oxygen atoms in total. The summed E-state index contributed by atoms with van der Waals surface area (Å²) in [4.78, 5) is 0. The summed E-state index contributed by atoms with van der Waals surface area (Å²) in [6.45, 7) is 2.68. The van der Waals surface area contributed by atoms with Crippen molar-refractivity contribution in [2.24, 2.45) is 0 Å². The molecular formula is C16H23NO3. The first-order chi connectivity index (χ1) is 9.86. The molecular weight excluding hydrogens is 254 g/mol. The lowest BCUT2D eigenvalue weighted by Gasteiger charge is -2.25. The van der Waals surface area contributed by atoms with Gasteiger partial charge < -0.3 is 19.5 Å². The Morgan fingerprint density at radius 1 is 1.15 bits per heavy atom. The van der Waals surface area contributed by atoms with Crippen molar-refractivity contribution in [1.82, 2.24) is 5.32 Å². The molecule has 1 aromatic carbocycles. The molecule has 20 heavy (non-hydrogen) atoms. The van der Waals surface area contributed by atoms with E-state index in [0.29, 0.717) is 6.04 Å². The fraction of sp³-hybridized carbons (Fsp3) is 0.625. The fourth-order valence-electron chi connectivity index (χ4n) is 2.94. The smallest absolute Gasteiger partial charge is 0.161 e. The number of methoxy groups -OCH3 is 1. The van der Waals surface area contributed by atoms with Crippen molar-refractivity contribution in [1.29, 1.82) is 0 Å². The third kappa shape index (κ3) is 3.07. The van der Waals surface area contributed by atoms with Crippen molar-refractivity contribution in [3.05, 3.63) is 23.8 Å². The second kappa shape index (κ2) is 6.46. The van der Waals surface area contributed by atoms with Crippen molar-refractivity contribution in [2.45, 2.75) is 37.8 Å². The summed E-state index contributed by atoms with van der Waals surface area (Å²) in [5.74, 6) is 1.68. The third-order valence-electron chi connectivity index (χ3n) is 4.11. The van der Waals surface area contributed by atoms with Gasteiger partial charge >= 0.3 is 0 Å². The second-order valence-electron chi connectivity index (χ2n) is 5.49. The van der Waals surface area contributed by atoms with Gasteiger partial charge in [-0.3, -0.25) is 0 Å². The molecule has 0 amide bonds. The van der Waals surface area contributed by atoms with Gasteiger partial charge in [0.2, 0.25) is 0 Å². The first-order valence-electron chi connectivity index (χ1n) is 7.52. The molecule has 0 aromatic heterocycles. The van der Waals surface area contributed by atoms with Gasteiger partial charge in [-0.2, -0.15) is 0 Å². The summed E-state index contributed by atoms with van der Waals surface area (Å²) in [5, 5.41) is 3.52. The van der Waals surface area contributed by atoms with Gasteiger partial charge in [-0.1, -0.05) is 6.07 Å². The molecule has 2 fully saturated rings. The van der Waals surface area contributed by atoms with Gasteiger partial charge in [-0.05, 0) is 37.1 Å². The highest BCUT2D eigenvalue weighted by atomic mass is 16.5. The third-order valence-corrected chi connectivity index (χ3v) is 4.11. The van der Waals surface area contributed by atoms with Crippen molar-refractivity contribution in [3.8, 4) is 11.5 Å². The van der Waals surface area contributed by atoms with Crippen LogP contribution in [0.25, 0.3) is 0 Å². The van der Waals surface area contributed by atoms with E-state index in [2.05, 4.69) is 17.4 Å². The highest BCUT2D eigenvalue weighted by Gasteiger charge is 2.21. The highest BCUT2D eigenvalue weighted by Crippen LogP contribution is 2.34. The van der Waals surface area contributed by atoms with Crippen LogP contribution in [0.2, 0.25) is 0 Å². The maximum Gasteiger partial charge on any atom is 0.161 e. The van der Waals surface area contributed by atoms with E-state index in [9.17, 15) is 0 Å². The van der Waals surface area contributed by atoms with Crippen molar-refractivity contribution in [3.63, 3.8) is 0 Å². The average Bonchev–Trinajstić information content (AvgIpc) is 3.02. The minimum Gasteiger partial charge on any atom is -0.493 e. The summed E-state index contributed by atoms with van der Waals surface area (Å²) in [6, 6.07) is 6.75. The SMILES string of the molecule is COc1ccc(C2CCCN2)cc1OC1CCOCC1. The lowest BCUT2D eigenvalue weighted by molar-refractivity contribution is 0.0245. The van der Waals surface area contributed by atoms with Gasteiger partial charge in [0.15, 0.2) is 11.5 Å². The van der Waals surface area contributed by atoms with Gasteiger partial charge in [0.05, 0.1) is 20.3 Å². The Balaban J connectivity index is 1.76. The molecule has 3 rings (SSSR count). The molecule has 2 aliphatic rings. The molecule has 0 bridgehead atoms. The van der Waals surface area contributed by atoms with Crippen LogP contribution in [0.1, 0.15) is 37.3 Å². The molecule has 110 valence electrons. The van der Waals surface area contributed by atoms with Crippen LogP contribution < -0.4 is 14.8 Å². The zero-order valence-electron chi connectivity index (χ0n) is 12.1. The first-order valence-corrected chi connectivity index (χ1v) is 7.52. The molecule has 4 heteroatoms. The van der Waals surface area contributed by atoms with Crippen LogP contribution in [0, 0.1) is 0 Å². The van der Waals surface area contributed by atoms with Crippen LogP contribution in [-0.4, -0.2) is 33.0 Å². The van der Waals surface area contributed by atoms with E-state index in [1.54, 1.807) is 7.11 Å². The normalized spacial score (nSPS) is 23.8. The lowest BCUT2D eigenvalue weighted by atomic mass is 10.0. The fourth-order valence-corrected chi connectivity index (χ4v) is 2.94. The summed E-state index contributed by atoms with van der Waals surface area (Å²) in [7, 11) is 1.69. The summed E-state index contributed by atoms with van der Waals surface area (Å²) in [6.07, 6.45) is 4.59. The molecule has 1 atom stereocenters. The lowest BCUT2D eigenvalue weighted by Crippen LogP contribution is -2.26. The van der Waals surface area contributed by atoms with Crippen molar-refractivity contribution >= 4 is 0 Å². The number of nitrogens with one attached hydrogen (secondary N) is 1. The summed E-state index contributed by atoms with van der Waals surface area (Å²) >= 11 is 0. The standard InChI is InChI=1S/C16H23NO3/c1-18-15-5-4-12(14-3-2-8-17-14)11-16(15)20-13-6-9-19-10-7-13/h4-5,11,13-14,17H,2-3,6-10H2,1H3. The van der Waals surface area contributed by atoms with E-state index in [1.165, 1.54) is 18.4 Å². The minimum absolute atomic E-state index is 0.240. The maximum atomic E-state index is 6.14. The van der Waals surface area contributed by atoms with Gasteiger partial charge in [-0.25, -0.2) is 0 Å². The predicted octanol–water partition coefficient (Wildman–Crippen LogP) is 2.68. The molecule has 1 N–H and O–H groups in total. The maximum absolute atomic E-state index is 6.14. The Labute approximate surface area is 120 Å². The van der Waals surface area contributed by atoms with Gasteiger partial charge in [-0.15, -0.1) is 0 Å². The van der Waals surface area contributed by atoms with Gasteiger partial charge in [0.25, 0.3) is 0 Å². The van der Waals surface area contributed by atoms with E-state index in [0.717, 1.165) is 44.1 Å². The molecule has 0 radical (unpaired) electrons. The van der Waals surface area contributed by atoms with Crippen LogP contribution in [-0.2, 0) is 4.74 Å². The Kier molecular flexibility index (Phi) is 4.43. The number of benzene rings is 1. The number of rotatable bonds is 4. The van der Waals surface area contributed by atoms with Crippen LogP contribution >= 0.6 is 0 Å². The Bertz CT molecular complexity index is 437. The number of ether oxygens (including phenoxy) is 3. The predicted molar refractivity (Wildman–Crippen MR) is 77.4 cm³/mol. The zero-order valence-corrected chi connectivity index (χ0v) is 12.1. The summed E-state index contributed by atoms with van der Waals surface area (Å²) < 4.78 is 17.0. The molecule has 0 saturated carbocycles. The van der Waals surface area contributed by atoms with Gasteiger partial charge in [0, 0.05) is 18.9 Å². The molecule has 0 spiro atoms. The van der Waals surface area contributed by atoms with E-state index < -0.39 is 0 Å². The quantitative estimate of drug-likeness (QED) is 0.918. The molecule has 1 unspecified atom stereocenters. The monoisotopic (exact) mass is 277 g/mol. The molecule has 2 aliphatic heterocycles. The van der Waals surface area contributed by atoms with E-state index in [-0.39, 0.29) is 6.10 Å². The van der Waals surface area contributed by atoms with Crippen molar-refractivity contribution < 1.29 is 14.2 Å². The minimum atomic E-state index is 0.240. The average molecular weight is 277 g/mol. The molecule has 2 heterocycles. The Morgan fingerprint density at radius 3 is 2.70 bits per heavy atom. The topological polar surface area (TPSA) is 39.7 Å². The highest BCUT2D eigenvalue weighted by molar-refractivity contribution is 5.44. The van der Waals surface area contributed by atoms with E-state index in [1.807, 2.05) is 6.07 Å². The molecule has 2 saturated heterocycles. The van der Waals surface area contributed by atoms with E-state index in [4.69, 9.17) is 14.2 Å². The second-order valence-corrected chi connectivity index (χ2v) is 5.49. The summed E-state index contributed by atoms with van der Waals surface area (Å²) in [5.41, 5.74) is 1.30. The molecule has 0 aliphatic carbocycles. The first kappa shape index (κ1) is 13.7. The van der Waals surface area contributed by atoms with Crippen molar-refractivity contribution in [2.75, 3.05) is 26.9 Å². The van der Waals surface area contributed by atoms with Crippen LogP contribution in [0.5, 0.6) is 11.5 Å². The number of hydrogen-bond acceptors (Lipinski definition) is 4. The number of hydrogen-bond donors (Lipinski definition) is 1. The Morgan fingerprint density at radius 2 is 2.00 bits per heavy atom. The van der Waals surface area contributed by atoms with E-state index >= 15 is 0 Å². The van der Waals surface area contributed by atoms with Crippen LogP contribution in [0.15, 0.2) is 18.2 Å². The van der Waals surface area contributed by atoms with Gasteiger partial charge in [0.1, 0.15) is 6.10 Å². The molecule has 1 aromatic rings. The van der Waals surface area contributed by atoms with Crippen LogP contribution in [0.3, 0.4) is 0 Å².